The van der Waals surface area contributed by atoms with Crippen molar-refractivity contribution in [2.24, 2.45) is 16.0 Å². The molecule has 0 radical (unpaired) electrons. The van der Waals surface area contributed by atoms with Crippen molar-refractivity contribution in [3.8, 4) is 17.2 Å². The fraction of sp³-hybridized carbons (Fsp3) is 0.103. The van der Waals surface area contributed by atoms with Crippen LogP contribution in [0.5, 0.6) is 0 Å². The molecular formula is C29H20N6O2S. The largest absolute Gasteiger partial charge is 0.313 e. The second-order valence-electron chi connectivity index (χ2n) is 9.14. The first-order valence-corrected chi connectivity index (χ1v) is 12.7. The van der Waals surface area contributed by atoms with Gasteiger partial charge in [-0.25, -0.2) is 0 Å². The van der Waals surface area contributed by atoms with Crippen molar-refractivity contribution in [2.45, 2.75) is 18.5 Å². The molecule has 1 aliphatic heterocycles. The molecule has 8 nitrogen and oxygen atoms in total. The number of aromatic nitrogens is 1. The van der Waals surface area contributed by atoms with Crippen molar-refractivity contribution < 1.29 is 4.92 Å². The molecule has 9 heteroatoms. The van der Waals surface area contributed by atoms with E-state index in [9.17, 15) is 15.4 Å². The van der Waals surface area contributed by atoms with E-state index in [4.69, 9.17) is 5.73 Å². The van der Waals surface area contributed by atoms with Gasteiger partial charge in [-0.3, -0.25) is 15.1 Å². The summed E-state index contributed by atoms with van der Waals surface area (Å²) in [4.78, 5) is 16.5. The van der Waals surface area contributed by atoms with Gasteiger partial charge in [-0.2, -0.15) is 15.5 Å². The fourth-order valence-electron chi connectivity index (χ4n) is 5.05. The van der Waals surface area contributed by atoms with Crippen LogP contribution in [0.2, 0.25) is 0 Å². The van der Waals surface area contributed by atoms with Crippen LogP contribution in [-0.4, -0.2) is 9.91 Å². The number of hydrogen-bond acceptors (Lipinski definition) is 8. The van der Waals surface area contributed by atoms with Crippen LogP contribution in [0.15, 0.2) is 95.4 Å². The predicted molar refractivity (Wildman–Crippen MR) is 146 cm³/mol. The average molecular weight is 517 g/mol. The number of rotatable bonds is 5. The minimum atomic E-state index is -1.13. The fourth-order valence-corrected chi connectivity index (χ4v) is 6.31. The summed E-state index contributed by atoms with van der Waals surface area (Å²) in [6.45, 7) is 1.98. The molecule has 0 aliphatic carbocycles. The SMILES string of the molecule is CC1N=Nc2cccc(C(N)(c3ccc(C#N)cc3)c3cc4c(-c5cccnc5)cc([N+](=O)[O-])cc4s3)c21. The van der Waals surface area contributed by atoms with Gasteiger partial charge in [0, 0.05) is 50.6 Å². The Morgan fingerprint density at radius 1 is 1.11 bits per heavy atom. The van der Waals surface area contributed by atoms with Crippen LogP contribution in [0.4, 0.5) is 11.4 Å². The summed E-state index contributed by atoms with van der Waals surface area (Å²) in [7, 11) is 0. The number of pyridine rings is 1. The number of fused-ring (bicyclic) bond motifs is 2. The summed E-state index contributed by atoms with van der Waals surface area (Å²) >= 11 is 1.41. The lowest BCUT2D eigenvalue weighted by atomic mass is 9.78. The molecule has 0 spiro atoms. The van der Waals surface area contributed by atoms with E-state index < -0.39 is 5.54 Å². The molecule has 0 amide bonds. The molecule has 1 aliphatic rings. The smallest absolute Gasteiger partial charge is 0.271 e. The molecule has 3 heterocycles. The van der Waals surface area contributed by atoms with Gasteiger partial charge in [0.05, 0.1) is 28.3 Å². The van der Waals surface area contributed by atoms with Crippen LogP contribution >= 0.6 is 11.3 Å². The molecule has 2 N–H and O–H groups in total. The molecule has 184 valence electrons. The highest BCUT2D eigenvalue weighted by molar-refractivity contribution is 7.19. The number of benzene rings is 3. The zero-order valence-electron chi connectivity index (χ0n) is 20.2. The van der Waals surface area contributed by atoms with Crippen molar-refractivity contribution in [1.82, 2.24) is 4.98 Å². The summed E-state index contributed by atoms with van der Waals surface area (Å²) < 4.78 is 0.742. The van der Waals surface area contributed by atoms with Crippen molar-refractivity contribution in [3.63, 3.8) is 0 Å². The van der Waals surface area contributed by atoms with Crippen molar-refractivity contribution >= 4 is 32.8 Å². The van der Waals surface area contributed by atoms with Gasteiger partial charge in [0.25, 0.3) is 5.69 Å². The number of nitriles is 1. The summed E-state index contributed by atoms with van der Waals surface area (Å²) in [5.41, 5.74) is 11.7. The summed E-state index contributed by atoms with van der Waals surface area (Å²) in [5.74, 6) is 0. The van der Waals surface area contributed by atoms with Crippen molar-refractivity contribution in [1.29, 1.82) is 5.26 Å². The minimum absolute atomic E-state index is 0.00225. The predicted octanol–water partition coefficient (Wildman–Crippen LogP) is 7.15. The standard InChI is InChI=1S/C29H20N6O2S/c1-17-28-24(5-2-6-25(28)34-33-17)29(31,20-9-7-18(15-30)8-10-20)27-14-23-22(19-4-3-11-32-16-19)12-21(35(36)37)13-26(23)38-27/h2-14,16-17H,31H2,1H3. The molecule has 0 bridgehead atoms. The molecule has 2 unspecified atom stereocenters. The Balaban J connectivity index is 1.66. The molecule has 5 aromatic rings. The van der Waals surface area contributed by atoms with Gasteiger partial charge in [-0.15, -0.1) is 11.3 Å². The van der Waals surface area contributed by atoms with Gasteiger partial charge in [0.15, 0.2) is 0 Å². The normalized spacial score (nSPS) is 15.7. The van der Waals surface area contributed by atoms with E-state index in [2.05, 4.69) is 21.3 Å². The summed E-state index contributed by atoms with van der Waals surface area (Å²) in [5, 5.41) is 30.8. The molecule has 3 aromatic carbocycles. The molecule has 2 atom stereocenters. The molecule has 38 heavy (non-hydrogen) atoms. The average Bonchev–Trinajstić information content (AvgIpc) is 3.56. The van der Waals surface area contributed by atoms with Crippen molar-refractivity contribution in [2.75, 3.05) is 0 Å². The van der Waals surface area contributed by atoms with E-state index in [0.717, 1.165) is 42.9 Å². The number of nitrogens with two attached hydrogens (primary N) is 1. The van der Waals surface area contributed by atoms with E-state index in [1.54, 1.807) is 42.7 Å². The van der Waals surface area contributed by atoms with E-state index in [1.807, 2.05) is 49.4 Å². The highest BCUT2D eigenvalue weighted by atomic mass is 32.1. The Hall–Kier alpha value is -4.78. The van der Waals surface area contributed by atoms with Gasteiger partial charge in [0.2, 0.25) is 0 Å². The number of non-ortho nitro benzene ring substituents is 1. The maximum atomic E-state index is 11.8. The molecule has 0 saturated heterocycles. The molecule has 6 rings (SSSR count). The summed E-state index contributed by atoms with van der Waals surface area (Å²) in [6, 6.07) is 23.9. The molecule has 0 fully saturated rings. The van der Waals surface area contributed by atoms with E-state index >= 15 is 0 Å². The minimum Gasteiger partial charge on any atom is -0.313 e. The summed E-state index contributed by atoms with van der Waals surface area (Å²) in [6.07, 6.45) is 3.36. The Kier molecular flexibility index (Phi) is 5.56. The third kappa shape index (κ3) is 3.66. The second-order valence-corrected chi connectivity index (χ2v) is 10.2. The second kappa shape index (κ2) is 8.95. The number of thiophene rings is 1. The van der Waals surface area contributed by atoms with E-state index in [0.29, 0.717) is 11.1 Å². The molecular weight excluding hydrogens is 496 g/mol. The maximum Gasteiger partial charge on any atom is 0.271 e. The van der Waals surface area contributed by atoms with Crippen LogP contribution in [0, 0.1) is 21.4 Å². The van der Waals surface area contributed by atoms with Crippen LogP contribution in [0.1, 0.15) is 40.1 Å². The molecule has 0 saturated carbocycles. The third-order valence-electron chi connectivity index (χ3n) is 6.93. The Labute approximate surface area is 221 Å². The van der Waals surface area contributed by atoms with Gasteiger partial charge in [-0.05, 0) is 53.9 Å². The van der Waals surface area contributed by atoms with Crippen LogP contribution in [-0.2, 0) is 5.54 Å². The first-order chi connectivity index (χ1) is 18.4. The Morgan fingerprint density at radius 3 is 2.63 bits per heavy atom. The van der Waals surface area contributed by atoms with Gasteiger partial charge < -0.3 is 5.73 Å². The van der Waals surface area contributed by atoms with Gasteiger partial charge >= 0.3 is 0 Å². The maximum absolute atomic E-state index is 11.8. The van der Waals surface area contributed by atoms with Crippen LogP contribution in [0.25, 0.3) is 21.2 Å². The number of nitro benzene ring substituents is 1. The lowest BCUT2D eigenvalue weighted by molar-refractivity contribution is -0.384. The lowest BCUT2D eigenvalue weighted by Crippen LogP contribution is -2.39. The number of azo groups is 1. The number of hydrogen-bond donors (Lipinski definition) is 1. The topological polar surface area (TPSA) is 131 Å². The number of nitrogens with zero attached hydrogens (tertiary/aromatic N) is 5. The van der Waals surface area contributed by atoms with E-state index in [1.165, 1.54) is 11.3 Å². The van der Waals surface area contributed by atoms with Crippen LogP contribution in [0.3, 0.4) is 0 Å². The van der Waals surface area contributed by atoms with Gasteiger partial charge in [0.1, 0.15) is 5.54 Å². The monoisotopic (exact) mass is 516 g/mol. The third-order valence-corrected chi connectivity index (χ3v) is 8.15. The first kappa shape index (κ1) is 23.6. The highest BCUT2D eigenvalue weighted by Gasteiger charge is 2.39. The van der Waals surface area contributed by atoms with E-state index in [-0.39, 0.29) is 16.7 Å². The first-order valence-electron chi connectivity index (χ1n) is 11.9. The Morgan fingerprint density at radius 2 is 1.92 bits per heavy atom. The zero-order chi connectivity index (χ0) is 26.4. The highest BCUT2D eigenvalue weighted by Crippen LogP contribution is 2.49. The Bertz CT molecular complexity index is 1790. The van der Waals surface area contributed by atoms with Gasteiger partial charge in [-0.1, -0.05) is 30.3 Å². The van der Waals surface area contributed by atoms with Crippen molar-refractivity contribution in [3.05, 3.63) is 122 Å². The number of nitro groups is 1. The zero-order valence-corrected chi connectivity index (χ0v) is 21.0. The molecule has 2 aromatic heterocycles. The lowest BCUT2D eigenvalue weighted by Gasteiger charge is -2.32. The quantitative estimate of drug-likeness (QED) is 0.196. The van der Waals surface area contributed by atoms with Crippen LogP contribution < -0.4 is 5.73 Å².